The number of aromatic amines is 1. The van der Waals surface area contributed by atoms with Crippen molar-refractivity contribution < 1.29 is 19.1 Å². The number of ether oxygens (including phenoxy) is 2. The van der Waals surface area contributed by atoms with E-state index < -0.39 is 23.6 Å². The molecule has 1 atom stereocenters. The number of alkyl carbamates (subject to hydrolysis) is 1. The number of nitrogens with zero attached hydrogens (tertiary/aromatic N) is 2. The summed E-state index contributed by atoms with van der Waals surface area (Å²) in [6.07, 6.45) is 2.77. The van der Waals surface area contributed by atoms with Crippen LogP contribution in [-0.2, 0) is 9.53 Å². The Morgan fingerprint density at radius 1 is 1.11 bits per heavy atom. The number of H-pyrrole nitrogens is 1. The molecular formula is C26H32ClN5O4. The van der Waals surface area contributed by atoms with E-state index in [9.17, 15) is 9.59 Å². The van der Waals surface area contributed by atoms with Crippen molar-refractivity contribution in [3.8, 4) is 16.9 Å². The van der Waals surface area contributed by atoms with Crippen LogP contribution in [0, 0.1) is 0 Å². The van der Waals surface area contributed by atoms with Crippen molar-refractivity contribution in [1.29, 1.82) is 0 Å². The Kier molecular flexibility index (Phi) is 8.95. The number of aromatic nitrogens is 2. The molecule has 0 aliphatic carbocycles. The van der Waals surface area contributed by atoms with Crippen LogP contribution >= 0.6 is 11.6 Å². The van der Waals surface area contributed by atoms with Gasteiger partial charge in [0.25, 0.3) is 5.91 Å². The van der Waals surface area contributed by atoms with E-state index in [-0.39, 0.29) is 0 Å². The summed E-state index contributed by atoms with van der Waals surface area (Å²) in [4.78, 5) is 28.0. The molecule has 0 aliphatic heterocycles. The predicted octanol–water partition coefficient (Wildman–Crippen LogP) is 4.88. The second-order valence-corrected chi connectivity index (χ2v) is 9.91. The molecule has 192 valence electrons. The van der Waals surface area contributed by atoms with Crippen LogP contribution in [0.4, 0.5) is 10.5 Å². The van der Waals surface area contributed by atoms with E-state index in [0.717, 1.165) is 11.1 Å². The fourth-order valence-electron chi connectivity index (χ4n) is 3.26. The molecule has 0 aliphatic rings. The molecule has 3 aromatic rings. The third-order valence-corrected chi connectivity index (χ3v) is 5.25. The van der Waals surface area contributed by atoms with Crippen LogP contribution in [0.25, 0.3) is 11.1 Å². The maximum absolute atomic E-state index is 13.5. The van der Waals surface area contributed by atoms with E-state index >= 15 is 0 Å². The second-order valence-electron chi connectivity index (χ2n) is 9.47. The summed E-state index contributed by atoms with van der Waals surface area (Å²) in [5.74, 6) is 0.0349. The Hall–Kier alpha value is -3.56. The van der Waals surface area contributed by atoms with Gasteiger partial charge in [-0.25, -0.2) is 4.79 Å². The largest absolute Gasteiger partial charge is 0.490 e. The smallest absolute Gasteiger partial charge is 0.408 e. The topological polar surface area (TPSA) is 109 Å². The molecule has 2 amide bonds. The molecule has 0 saturated heterocycles. The Balaban J connectivity index is 1.88. The van der Waals surface area contributed by atoms with Gasteiger partial charge in [0, 0.05) is 23.3 Å². The fraction of sp³-hybridized carbons (Fsp3) is 0.346. The number of benzene rings is 2. The minimum atomic E-state index is -1.03. The zero-order valence-corrected chi connectivity index (χ0v) is 21.8. The first-order chi connectivity index (χ1) is 17.0. The van der Waals surface area contributed by atoms with Crippen molar-refractivity contribution in [2.45, 2.75) is 32.4 Å². The number of halogens is 1. The van der Waals surface area contributed by atoms with Gasteiger partial charge in [0.2, 0.25) is 0 Å². The molecule has 2 aromatic carbocycles. The molecule has 1 unspecified atom stereocenters. The molecule has 0 radical (unpaired) electrons. The summed E-state index contributed by atoms with van der Waals surface area (Å²) in [5.41, 5.74) is 2.06. The highest BCUT2D eigenvalue weighted by atomic mass is 35.5. The zero-order chi connectivity index (χ0) is 26.3. The SMILES string of the molecule is CN(C)CCOc1cc(-c2cn[nH]c2)ccc1NC(=O)C(NC(=O)OC(C)(C)C)c1ccc(Cl)cc1. The van der Waals surface area contributed by atoms with Gasteiger partial charge >= 0.3 is 6.09 Å². The van der Waals surface area contributed by atoms with E-state index in [1.807, 2.05) is 31.1 Å². The molecular weight excluding hydrogens is 482 g/mol. The normalized spacial score (nSPS) is 12.2. The average Bonchev–Trinajstić information content (AvgIpc) is 3.33. The number of rotatable bonds is 9. The van der Waals surface area contributed by atoms with E-state index in [0.29, 0.717) is 35.2 Å². The highest BCUT2D eigenvalue weighted by Crippen LogP contribution is 2.32. The van der Waals surface area contributed by atoms with Gasteiger partial charge in [-0.05, 0) is 70.3 Å². The molecule has 0 saturated carbocycles. The van der Waals surface area contributed by atoms with Gasteiger partial charge in [0.1, 0.15) is 24.0 Å². The number of hydrogen-bond acceptors (Lipinski definition) is 6. The van der Waals surface area contributed by atoms with Crippen molar-refractivity contribution in [3.05, 3.63) is 65.4 Å². The molecule has 9 nitrogen and oxygen atoms in total. The number of nitrogens with one attached hydrogen (secondary N) is 3. The summed E-state index contributed by atoms with van der Waals surface area (Å²) >= 11 is 6.03. The Bertz CT molecular complexity index is 1160. The molecule has 0 fully saturated rings. The summed E-state index contributed by atoms with van der Waals surface area (Å²) in [5, 5.41) is 12.9. The van der Waals surface area contributed by atoms with Gasteiger partial charge in [-0.1, -0.05) is 29.8 Å². The van der Waals surface area contributed by atoms with Crippen molar-refractivity contribution in [2.75, 3.05) is 32.6 Å². The van der Waals surface area contributed by atoms with Crippen molar-refractivity contribution in [2.24, 2.45) is 0 Å². The molecule has 0 spiro atoms. The van der Waals surface area contributed by atoms with E-state index in [1.54, 1.807) is 63.5 Å². The quantitative estimate of drug-likeness (QED) is 0.376. The van der Waals surface area contributed by atoms with Crippen LogP contribution < -0.4 is 15.4 Å². The molecule has 36 heavy (non-hydrogen) atoms. The van der Waals surface area contributed by atoms with Crippen molar-refractivity contribution >= 4 is 29.3 Å². The second kappa shape index (κ2) is 11.9. The van der Waals surface area contributed by atoms with Crippen LogP contribution in [0.15, 0.2) is 54.9 Å². The van der Waals surface area contributed by atoms with E-state index in [2.05, 4.69) is 20.8 Å². The van der Waals surface area contributed by atoms with Gasteiger partial charge in [-0.2, -0.15) is 5.10 Å². The first-order valence-electron chi connectivity index (χ1n) is 11.5. The Labute approximate surface area is 216 Å². The lowest BCUT2D eigenvalue weighted by Gasteiger charge is -2.24. The first kappa shape index (κ1) is 27.0. The molecule has 0 bridgehead atoms. The number of anilines is 1. The van der Waals surface area contributed by atoms with Gasteiger partial charge < -0.3 is 25.0 Å². The van der Waals surface area contributed by atoms with Crippen molar-refractivity contribution in [1.82, 2.24) is 20.4 Å². The third kappa shape index (κ3) is 8.00. The van der Waals surface area contributed by atoms with E-state index in [1.165, 1.54) is 0 Å². The van der Waals surface area contributed by atoms with Gasteiger partial charge in [0.05, 0.1) is 11.9 Å². The highest BCUT2D eigenvalue weighted by molar-refractivity contribution is 6.30. The van der Waals surface area contributed by atoms with Gasteiger partial charge in [-0.15, -0.1) is 0 Å². The predicted molar refractivity (Wildman–Crippen MR) is 140 cm³/mol. The maximum atomic E-state index is 13.5. The zero-order valence-electron chi connectivity index (χ0n) is 21.1. The number of carbonyl (C=O) groups is 2. The van der Waals surface area contributed by atoms with Crippen LogP contribution in [0.3, 0.4) is 0 Å². The van der Waals surface area contributed by atoms with Crippen LogP contribution in [0.5, 0.6) is 5.75 Å². The molecule has 3 rings (SSSR count). The molecule has 3 N–H and O–H groups in total. The van der Waals surface area contributed by atoms with Crippen LogP contribution in [0.1, 0.15) is 32.4 Å². The van der Waals surface area contributed by atoms with Gasteiger partial charge in [0.15, 0.2) is 0 Å². The third-order valence-electron chi connectivity index (χ3n) is 4.99. The summed E-state index contributed by atoms with van der Waals surface area (Å²) in [6, 6.07) is 11.1. The lowest BCUT2D eigenvalue weighted by atomic mass is 10.1. The summed E-state index contributed by atoms with van der Waals surface area (Å²) in [6.45, 7) is 6.37. The number of hydrogen-bond donors (Lipinski definition) is 3. The Morgan fingerprint density at radius 2 is 1.83 bits per heavy atom. The minimum Gasteiger partial charge on any atom is -0.490 e. The van der Waals surface area contributed by atoms with Gasteiger partial charge in [-0.3, -0.25) is 9.89 Å². The lowest BCUT2D eigenvalue weighted by Crippen LogP contribution is -2.40. The lowest BCUT2D eigenvalue weighted by molar-refractivity contribution is -0.118. The van der Waals surface area contributed by atoms with Crippen LogP contribution in [0.2, 0.25) is 5.02 Å². The molecule has 1 heterocycles. The maximum Gasteiger partial charge on any atom is 0.408 e. The number of carbonyl (C=O) groups excluding carboxylic acids is 2. The monoisotopic (exact) mass is 513 g/mol. The molecule has 1 aromatic heterocycles. The van der Waals surface area contributed by atoms with Crippen molar-refractivity contribution in [3.63, 3.8) is 0 Å². The number of likely N-dealkylation sites (N-methyl/N-ethyl adjacent to an activating group) is 1. The first-order valence-corrected chi connectivity index (χ1v) is 11.9. The average molecular weight is 514 g/mol. The molecule has 10 heteroatoms. The van der Waals surface area contributed by atoms with Crippen LogP contribution in [-0.4, -0.2) is 59.9 Å². The summed E-state index contributed by atoms with van der Waals surface area (Å²) in [7, 11) is 3.90. The Morgan fingerprint density at radius 3 is 2.44 bits per heavy atom. The fourth-order valence-corrected chi connectivity index (χ4v) is 3.38. The highest BCUT2D eigenvalue weighted by Gasteiger charge is 2.27. The number of amides is 2. The summed E-state index contributed by atoms with van der Waals surface area (Å²) < 4.78 is 11.4. The minimum absolute atomic E-state index is 0.418. The van der Waals surface area contributed by atoms with E-state index in [4.69, 9.17) is 21.1 Å². The standard InChI is InChI=1S/C26H32ClN5O4/c1-26(2,3)36-25(34)31-23(17-6-9-20(27)10-7-17)24(33)30-21-11-8-18(19-15-28-29-16-19)14-22(21)35-13-12-32(4)5/h6-11,14-16,23H,12-13H2,1-5H3,(H,28,29)(H,30,33)(H,31,34).